The molecule has 78 valence electrons. The molecule has 0 aliphatic rings. The van der Waals surface area contributed by atoms with Gasteiger partial charge >= 0.3 is 0 Å². The molecule has 0 N–H and O–H groups in total. The van der Waals surface area contributed by atoms with E-state index < -0.39 is 0 Å². The van der Waals surface area contributed by atoms with Crippen molar-refractivity contribution >= 4 is 9.76 Å². The molecule has 0 rings (SSSR count). The van der Waals surface area contributed by atoms with Gasteiger partial charge in [0, 0.05) is 6.61 Å². The first-order valence-corrected chi connectivity index (χ1v) is 7.22. The highest BCUT2D eigenvalue weighted by atomic mass is 28.2. The van der Waals surface area contributed by atoms with E-state index in [9.17, 15) is 0 Å². The monoisotopic (exact) mass is 200 g/mol. The molecule has 0 aliphatic heterocycles. The van der Waals surface area contributed by atoms with Crippen LogP contribution in [0.5, 0.6) is 0 Å². The maximum Gasteiger partial charge on any atom is 0.161 e. The molecule has 0 aromatic heterocycles. The van der Waals surface area contributed by atoms with Gasteiger partial charge in [0.2, 0.25) is 0 Å². The van der Waals surface area contributed by atoms with Crippen LogP contribution in [-0.4, -0.2) is 16.4 Å². The molecule has 13 heavy (non-hydrogen) atoms. The summed E-state index contributed by atoms with van der Waals surface area (Å²) >= 11 is 0. The molecule has 0 fully saturated rings. The first kappa shape index (κ1) is 12.9. The molecule has 0 spiro atoms. The normalized spacial score (nSPS) is 12.2. The fraction of sp³-hybridized carbons (Fsp3) is 0.818. The zero-order chi connectivity index (χ0) is 9.78. The van der Waals surface area contributed by atoms with Gasteiger partial charge in [-0.25, -0.2) is 0 Å². The SMILES string of the molecule is CCCCC=CCCC[SiH2]OCC. The van der Waals surface area contributed by atoms with Crippen LogP contribution in [0, 0.1) is 0 Å². The number of allylic oxidation sites excluding steroid dienone is 2. The fourth-order valence-electron chi connectivity index (χ4n) is 1.17. The number of rotatable bonds is 9. The van der Waals surface area contributed by atoms with Crippen LogP contribution in [0.2, 0.25) is 6.04 Å². The summed E-state index contributed by atoms with van der Waals surface area (Å²) in [5.41, 5.74) is 0. The van der Waals surface area contributed by atoms with Crippen molar-refractivity contribution in [3.63, 3.8) is 0 Å². The van der Waals surface area contributed by atoms with Crippen molar-refractivity contribution in [3.05, 3.63) is 12.2 Å². The van der Waals surface area contributed by atoms with Crippen molar-refractivity contribution in [1.29, 1.82) is 0 Å². The second-order valence-electron chi connectivity index (χ2n) is 3.31. The lowest BCUT2D eigenvalue weighted by Crippen LogP contribution is -1.96. The van der Waals surface area contributed by atoms with Gasteiger partial charge in [-0.1, -0.05) is 38.3 Å². The molecule has 2 heteroatoms. The third kappa shape index (κ3) is 11.9. The lowest BCUT2D eigenvalue weighted by molar-refractivity contribution is 0.359. The van der Waals surface area contributed by atoms with Gasteiger partial charge in [-0.15, -0.1) is 0 Å². The second-order valence-corrected chi connectivity index (χ2v) is 4.83. The number of unbranched alkanes of at least 4 members (excludes halogenated alkanes) is 3. The molecule has 0 bridgehead atoms. The standard InChI is InChI=1S/C11H24OSi/c1-3-5-6-7-8-9-10-11-13-12-4-2/h7-8H,3-6,9-11,13H2,1-2H3. The quantitative estimate of drug-likeness (QED) is 0.316. The van der Waals surface area contributed by atoms with E-state index in [1.807, 2.05) is 0 Å². The topological polar surface area (TPSA) is 9.23 Å². The Balaban J connectivity index is 2.93. The van der Waals surface area contributed by atoms with E-state index in [-0.39, 0.29) is 9.76 Å². The van der Waals surface area contributed by atoms with Crippen molar-refractivity contribution in [2.75, 3.05) is 6.61 Å². The molecule has 0 heterocycles. The van der Waals surface area contributed by atoms with E-state index in [2.05, 4.69) is 26.0 Å². The van der Waals surface area contributed by atoms with Crippen LogP contribution in [0.1, 0.15) is 46.0 Å². The summed E-state index contributed by atoms with van der Waals surface area (Å²) in [6, 6.07) is 1.34. The lowest BCUT2D eigenvalue weighted by atomic mass is 10.2. The summed E-state index contributed by atoms with van der Waals surface area (Å²) in [5.74, 6) is 0. The highest BCUT2D eigenvalue weighted by Gasteiger charge is 1.86. The van der Waals surface area contributed by atoms with Crippen LogP contribution in [0.3, 0.4) is 0 Å². The zero-order valence-corrected chi connectivity index (χ0v) is 10.6. The minimum Gasteiger partial charge on any atom is -0.424 e. The zero-order valence-electron chi connectivity index (χ0n) is 9.22. The van der Waals surface area contributed by atoms with Crippen LogP contribution in [-0.2, 0) is 4.43 Å². The van der Waals surface area contributed by atoms with E-state index >= 15 is 0 Å². The van der Waals surface area contributed by atoms with Crippen molar-refractivity contribution in [3.8, 4) is 0 Å². The van der Waals surface area contributed by atoms with Crippen molar-refractivity contribution in [2.24, 2.45) is 0 Å². The average molecular weight is 200 g/mol. The van der Waals surface area contributed by atoms with Gasteiger partial charge in [0.25, 0.3) is 0 Å². The van der Waals surface area contributed by atoms with Gasteiger partial charge in [0.15, 0.2) is 9.76 Å². The Kier molecular flexibility index (Phi) is 11.8. The molecule has 0 saturated heterocycles. The Morgan fingerprint density at radius 2 is 1.77 bits per heavy atom. The van der Waals surface area contributed by atoms with Crippen LogP contribution >= 0.6 is 0 Å². The smallest absolute Gasteiger partial charge is 0.161 e. The molecule has 0 aromatic carbocycles. The van der Waals surface area contributed by atoms with Crippen molar-refractivity contribution in [2.45, 2.75) is 52.0 Å². The van der Waals surface area contributed by atoms with Crippen molar-refractivity contribution in [1.82, 2.24) is 0 Å². The number of hydrogen-bond donors (Lipinski definition) is 0. The summed E-state index contributed by atoms with van der Waals surface area (Å²) in [6.07, 6.45) is 11.1. The van der Waals surface area contributed by atoms with Gasteiger partial charge in [-0.05, 0) is 25.8 Å². The summed E-state index contributed by atoms with van der Waals surface area (Å²) in [5, 5.41) is 0. The van der Waals surface area contributed by atoms with Gasteiger partial charge in [-0.3, -0.25) is 0 Å². The van der Waals surface area contributed by atoms with E-state index in [1.54, 1.807) is 0 Å². The largest absolute Gasteiger partial charge is 0.424 e. The molecule has 0 atom stereocenters. The van der Waals surface area contributed by atoms with E-state index in [4.69, 9.17) is 4.43 Å². The Morgan fingerprint density at radius 3 is 2.38 bits per heavy atom. The molecule has 0 amide bonds. The van der Waals surface area contributed by atoms with E-state index in [0.29, 0.717) is 0 Å². The Bertz CT molecular complexity index is 113. The average Bonchev–Trinajstić information content (AvgIpc) is 2.16. The van der Waals surface area contributed by atoms with Crippen molar-refractivity contribution < 1.29 is 4.43 Å². The molecule has 1 nitrogen and oxygen atoms in total. The number of hydrogen-bond acceptors (Lipinski definition) is 1. The van der Waals surface area contributed by atoms with Crippen LogP contribution in [0.4, 0.5) is 0 Å². The molecule has 0 aromatic rings. The highest BCUT2D eigenvalue weighted by molar-refractivity contribution is 6.26. The third-order valence-corrected chi connectivity index (χ3v) is 3.49. The Labute approximate surface area is 85.5 Å². The fourth-order valence-corrected chi connectivity index (χ4v) is 2.15. The maximum atomic E-state index is 5.39. The molecule has 0 aliphatic carbocycles. The predicted molar refractivity (Wildman–Crippen MR) is 62.9 cm³/mol. The van der Waals surface area contributed by atoms with Gasteiger partial charge in [0.1, 0.15) is 0 Å². The van der Waals surface area contributed by atoms with Crippen LogP contribution in [0.15, 0.2) is 12.2 Å². The van der Waals surface area contributed by atoms with Crippen LogP contribution in [0.25, 0.3) is 0 Å². The third-order valence-electron chi connectivity index (χ3n) is 2.00. The summed E-state index contributed by atoms with van der Waals surface area (Å²) in [6.45, 7) is 5.23. The van der Waals surface area contributed by atoms with Gasteiger partial charge in [-0.2, -0.15) is 0 Å². The maximum absolute atomic E-state index is 5.39. The second kappa shape index (κ2) is 11.9. The van der Waals surface area contributed by atoms with E-state index in [0.717, 1.165) is 6.61 Å². The summed E-state index contributed by atoms with van der Waals surface area (Å²) < 4.78 is 5.39. The van der Waals surface area contributed by atoms with E-state index in [1.165, 1.54) is 38.1 Å². The predicted octanol–water partition coefficient (Wildman–Crippen LogP) is 3.05. The molecule has 0 radical (unpaired) electrons. The lowest BCUT2D eigenvalue weighted by Gasteiger charge is -1.97. The highest BCUT2D eigenvalue weighted by Crippen LogP contribution is 2.00. The molecular weight excluding hydrogens is 176 g/mol. The van der Waals surface area contributed by atoms with Gasteiger partial charge in [0.05, 0.1) is 0 Å². The summed E-state index contributed by atoms with van der Waals surface area (Å²) in [7, 11) is -0.166. The Morgan fingerprint density at radius 1 is 1.08 bits per heavy atom. The first-order valence-electron chi connectivity index (χ1n) is 5.64. The first-order chi connectivity index (χ1) is 6.41. The molecule has 0 saturated carbocycles. The Hall–Kier alpha value is -0.0831. The minimum absolute atomic E-state index is 0.166. The minimum atomic E-state index is -0.166. The molecular formula is C11H24OSi. The van der Waals surface area contributed by atoms with Crippen LogP contribution < -0.4 is 0 Å². The van der Waals surface area contributed by atoms with Gasteiger partial charge < -0.3 is 4.43 Å². The summed E-state index contributed by atoms with van der Waals surface area (Å²) in [4.78, 5) is 0. The molecule has 0 unspecified atom stereocenters.